The summed E-state index contributed by atoms with van der Waals surface area (Å²) in [4.78, 5) is 37.7. The van der Waals surface area contributed by atoms with Gasteiger partial charge in [-0.15, -0.1) is 0 Å². The molecule has 1 N–H and O–H groups in total. The molecule has 0 saturated carbocycles. The van der Waals surface area contributed by atoms with Crippen LogP contribution < -0.4 is 5.32 Å². The van der Waals surface area contributed by atoms with Crippen LogP contribution in [0.2, 0.25) is 0 Å². The van der Waals surface area contributed by atoms with Crippen LogP contribution in [-0.4, -0.2) is 70.1 Å². The number of likely N-dealkylation sites (N-methyl/N-ethyl adjacent to an activating group) is 1. The van der Waals surface area contributed by atoms with Crippen molar-refractivity contribution >= 4 is 28.2 Å². The number of hydrogen-bond donors (Lipinski definition) is 1. The van der Waals surface area contributed by atoms with Gasteiger partial charge in [0.2, 0.25) is 12.0 Å². The Labute approximate surface area is 147 Å². The Morgan fingerprint density at radius 2 is 1.72 bits per heavy atom. The van der Waals surface area contributed by atoms with Gasteiger partial charge in [0, 0.05) is 14.1 Å². The Hall–Kier alpha value is -1.72. The molecule has 0 radical (unpaired) electrons. The maximum Gasteiger partial charge on any atom is 0.401 e. The van der Waals surface area contributed by atoms with Crippen molar-refractivity contribution in [2.24, 2.45) is 5.92 Å². The molecule has 1 aliphatic rings. The number of nitrogens with zero attached hydrogens (tertiary/aromatic N) is 1. The quantitative estimate of drug-likeness (QED) is 0.568. The molecule has 0 aliphatic carbocycles. The van der Waals surface area contributed by atoms with Crippen molar-refractivity contribution in [3.63, 3.8) is 0 Å². The van der Waals surface area contributed by atoms with Crippen LogP contribution >= 0.6 is 0 Å². The molecule has 10 nitrogen and oxygen atoms in total. The fourth-order valence-corrected chi connectivity index (χ4v) is 3.13. The average molecular weight is 380 g/mol. The minimum atomic E-state index is -4.51. The van der Waals surface area contributed by atoms with Crippen molar-refractivity contribution in [3.8, 4) is 0 Å². The van der Waals surface area contributed by atoms with Crippen LogP contribution in [0.4, 0.5) is 0 Å². The van der Waals surface area contributed by atoms with Crippen molar-refractivity contribution in [1.29, 1.82) is 0 Å². The second-order valence-corrected chi connectivity index (χ2v) is 7.32. The Morgan fingerprint density at radius 3 is 2.20 bits per heavy atom. The molecule has 0 aromatic rings. The van der Waals surface area contributed by atoms with Gasteiger partial charge in [0.1, 0.15) is 6.04 Å². The third-order valence-electron chi connectivity index (χ3n) is 3.26. The van der Waals surface area contributed by atoms with Crippen LogP contribution in [0.15, 0.2) is 0 Å². The van der Waals surface area contributed by atoms with Gasteiger partial charge in [-0.25, -0.2) is 13.2 Å². The molecule has 0 bridgehead atoms. The Balaban J connectivity index is 2.96. The fourth-order valence-electron chi connectivity index (χ4n) is 2.20. The Morgan fingerprint density at radius 1 is 1.16 bits per heavy atom. The van der Waals surface area contributed by atoms with Crippen molar-refractivity contribution in [3.05, 3.63) is 0 Å². The van der Waals surface area contributed by atoms with Crippen molar-refractivity contribution in [2.75, 3.05) is 20.7 Å². The van der Waals surface area contributed by atoms with E-state index in [4.69, 9.17) is 4.74 Å². The molecular formula is C14H24N2O8S. The smallest absolute Gasteiger partial charge is 0.401 e. The largest absolute Gasteiger partial charge is 0.464 e. The normalized spacial score (nSPS) is 23.1. The third kappa shape index (κ3) is 5.94. The zero-order chi connectivity index (χ0) is 19.4. The van der Waals surface area contributed by atoms with E-state index in [0.29, 0.717) is 6.42 Å². The lowest BCUT2D eigenvalue weighted by atomic mass is 10.0. The highest BCUT2D eigenvalue weighted by molar-refractivity contribution is 7.82. The van der Waals surface area contributed by atoms with E-state index in [1.807, 2.05) is 13.8 Å². The number of esters is 1. The molecule has 0 spiro atoms. The maximum atomic E-state index is 12.4. The average Bonchev–Trinajstić information content (AvgIpc) is 2.81. The van der Waals surface area contributed by atoms with E-state index in [9.17, 15) is 22.8 Å². The summed E-state index contributed by atoms with van der Waals surface area (Å²) < 4.78 is 36.7. The minimum absolute atomic E-state index is 0.0256. The molecular weight excluding hydrogens is 356 g/mol. The lowest BCUT2D eigenvalue weighted by Crippen LogP contribution is -2.52. The van der Waals surface area contributed by atoms with Crippen LogP contribution in [0, 0.1) is 5.92 Å². The topological polar surface area (TPSA) is 128 Å². The first-order valence-corrected chi connectivity index (χ1v) is 9.11. The van der Waals surface area contributed by atoms with Crippen molar-refractivity contribution in [1.82, 2.24) is 10.2 Å². The van der Waals surface area contributed by atoms with Crippen LogP contribution in [0.5, 0.6) is 0 Å². The highest BCUT2D eigenvalue weighted by Crippen LogP contribution is 2.22. The molecule has 0 unspecified atom stereocenters. The number of rotatable bonds is 7. The Kier molecular flexibility index (Phi) is 7.32. The van der Waals surface area contributed by atoms with Gasteiger partial charge < -0.3 is 15.0 Å². The highest BCUT2D eigenvalue weighted by atomic mass is 32.3. The Bertz CT molecular complexity index is 616. The predicted octanol–water partition coefficient (Wildman–Crippen LogP) is -0.803. The number of hydrogen-bond acceptors (Lipinski definition) is 8. The highest BCUT2D eigenvalue weighted by Gasteiger charge is 2.50. The van der Waals surface area contributed by atoms with Crippen LogP contribution in [0.3, 0.4) is 0 Å². The van der Waals surface area contributed by atoms with E-state index in [-0.39, 0.29) is 18.4 Å². The van der Waals surface area contributed by atoms with E-state index < -0.39 is 40.5 Å². The van der Waals surface area contributed by atoms with E-state index in [1.165, 1.54) is 25.9 Å². The molecule has 11 heteroatoms. The molecule has 25 heavy (non-hydrogen) atoms. The molecule has 1 fully saturated rings. The first-order chi connectivity index (χ1) is 11.5. The second kappa shape index (κ2) is 8.59. The zero-order valence-electron chi connectivity index (χ0n) is 14.8. The molecule has 1 rings (SSSR count). The molecule has 1 aliphatic heterocycles. The summed E-state index contributed by atoms with van der Waals surface area (Å²) in [6.45, 7) is 5.22. The summed E-state index contributed by atoms with van der Waals surface area (Å²) in [6.07, 6.45) is -3.18. The van der Waals surface area contributed by atoms with Crippen molar-refractivity contribution < 1.29 is 35.9 Å². The minimum Gasteiger partial charge on any atom is -0.464 e. The van der Waals surface area contributed by atoms with E-state index in [2.05, 4.69) is 13.7 Å². The van der Waals surface area contributed by atoms with Gasteiger partial charge in [0.15, 0.2) is 6.10 Å². The first-order valence-electron chi connectivity index (χ1n) is 7.78. The number of ether oxygens (including phenoxy) is 1. The molecule has 0 aromatic heterocycles. The van der Waals surface area contributed by atoms with Gasteiger partial charge in [-0.1, -0.05) is 13.8 Å². The first kappa shape index (κ1) is 21.3. The van der Waals surface area contributed by atoms with Crippen molar-refractivity contribution in [2.45, 2.75) is 45.4 Å². The monoisotopic (exact) mass is 380 g/mol. The summed E-state index contributed by atoms with van der Waals surface area (Å²) in [5.74, 6) is -2.26. The van der Waals surface area contributed by atoms with Crippen LogP contribution in [-0.2, 0) is 37.9 Å². The van der Waals surface area contributed by atoms with Crippen LogP contribution in [0.25, 0.3) is 0 Å². The molecule has 0 aromatic carbocycles. The molecule has 1 heterocycles. The number of amides is 2. The van der Waals surface area contributed by atoms with Gasteiger partial charge in [0.25, 0.3) is 5.91 Å². The van der Waals surface area contributed by atoms with E-state index in [0.717, 1.165) is 0 Å². The summed E-state index contributed by atoms with van der Waals surface area (Å²) in [5, 5.41) is 2.43. The zero-order valence-corrected chi connectivity index (χ0v) is 15.7. The summed E-state index contributed by atoms with van der Waals surface area (Å²) in [6, 6.07) is -0.891. The summed E-state index contributed by atoms with van der Waals surface area (Å²) in [5.41, 5.74) is 0. The lowest BCUT2D eigenvalue weighted by Gasteiger charge is -2.24. The van der Waals surface area contributed by atoms with Gasteiger partial charge in [-0.3, -0.25) is 9.59 Å². The third-order valence-corrected chi connectivity index (χ3v) is 4.14. The summed E-state index contributed by atoms with van der Waals surface area (Å²) in [7, 11) is -1.44. The SMILES string of the molecule is CCOC(=O)[C@H]1OS(=O)(=O)O[C@@H]1C(=O)N[C@@H](CC(C)C)C(=O)N(C)C. The number of carbonyl (C=O) groups is 3. The number of nitrogens with one attached hydrogen (secondary N) is 1. The molecule has 144 valence electrons. The van der Waals surface area contributed by atoms with Gasteiger partial charge in [0.05, 0.1) is 6.61 Å². The van der Waals surface area contributed by atoms with Gasteiger partial charge >= 0.3 is 16.4 Å². The summed E-state index contributed by atoms with van der Waals surface area (Å²) >= 11 is 0. The van der Waals surface area contributed by atoms with Gasteiger partial charge in [-0.2, -0.15) is 8.42 Å². The van der Waals surface area contributed by atoms with E-state index in [1.54, 1.807) is 0 Å². The predicted molar refractivity (Wildman–Crippen MR) is 85.4 cm³/mol. The lowest BCUT2D eigenvalue weighted by molar-refractivity contribution is -0.155. The van der Waals surface area contributed by atoms with Crippen LogP contribution in [0.1, 0.15) is 27.2 Å². The van der Waals surface area contributed by atoms with Gasteiger partial charge in [-0.05, 0) is 19.3 Å². The van der Waals surface area contributed by atoms with E-state index >= 15 is 0 Å². The molecule has 3 atom stereocenters. The molecule has 1 saturated heterocycles. The maximum absolute atomic E-state index is 12.4. The number of carbonyl (C=O) groups excluding carboxylic acids is 3. The standard InChI is InChI=1S/C14H24N2O8S/c1-6-22-14(19)11-10(23-25(20,21)24-11)12(17)15-9(7-8(2)3)13(18)16(4)5/h8-11H,6-7H2,1-5H3,(H,15,17)/t9-,10-,11-/m0/s1. The molecule has 2 amide bonds. The fraction of sp³-hybridized carbons (Fsp3) is 0.786. The second-order valence-electron chi connectivity index (χ2n) is 6.12.